The van der Waals surface area contributed by atoms with E-state index >= 15 is 0 Å². The van der Waals surface area contributed by atoms with Crippen LogP contribution in [0.25, 0.3) is 0 Å². The highest BCUT2D eigenvalue weighted by Gasteiger charge is 2.42. The number of likely N-dealkylation sites (N-methyl/N-ethyl adjacent to an activating group) is 1. The lowest BCUT2D eigenvalue weighted by Gasteiger charge is -2.35. The van der Waals surface area contributed by atoms with Crippen LogP contribution in [0, 0.1) is 23.7 Å². The number of hydrogen-bond donors (Lipinski definition) is 10. The smallest absolute Gasteiger partial charge is 0.246 e. The predicted octanol–water partition coefficient (Wildman–Crippen LogP) is 2.50. The number of unbranched alkanes of at least 4 members (excludes halogenated alkanes) is 3. The number of rotatable bonds is 36. The number of likely N-dealkylation sites (tertiary alicyclic amines) is 1. The van der Waals surface area contributed by atoms with Crippen molar-refractivity contribution in [2.24, 2.45) is 23.7 Å². The summed E-state index contributed by atoms with van der Waals surface area (Å²) in [7, 11) is 1.80. The number of hydrogen-bond acceptors (Lipinski definition) is 13. The molecule has 0 aliphatic carbocycles. The van der Waals surface area contributed by atoms with E-state index in [1.165, 1.54) is 48.5 Å². The largest absolute Gasteiger partial charge is 0.395 e. The average Bonchev–Trinajstić information content (AvgIpc) is 3.85. The van der Waals surface area contributed by atoms with E-state index in [2.05, 4.69) is 49.5 Å². The highest BCUT2D eigenvalue weighted by molar-refractivity contribution is 6.00. The lowest BCUT2D eigenvalue weighted by atomic mass is 9.92. The first-order valence-electron chi connectivity index (χ1n) is 28.9. The van der Waals surface area contributed by atoms with Gasteiger partial charge in [-0.15, -0.1) is 0 Å². The molecule has 1 rings (SSSR count). The zero-order chi connectivity index (χ0) is 60.7. The topological polar surface area (TPSA) is 314 Å². The Bertz CT molecular complexity index is 2050. The molecule has 1 saturated heterocycles. The fourth-order valence-electron chi connectivity index (χ4n) is 9.31. The summed E-state index contributed by atoms with van der Waals surface area (Å²) in [5.41, 5.74) is -4.64. The predicted molar refractivity (Wildman–Crippen MR) is 304 cm³/mol. The number of amides is 9. The summed E-state index contributed by atoms with van der Waals surface area (Å²) in [6.45, 7) is 27.6. The van der Waals surface area contributed by atoms with E-state index in [0.29, 0.717) is 45.3 Å². The van der Waals surface area contributed by atoms with Crippen LogP contribution in [-0.4, -0.2) is 171 Å². The maximum atomic E-state index is 14.1. The van der Waals surface area contributed by atoms with Crippen LogP contribution in [0.2, 0.25) is 0 Å². The summed E-state index contributed by atoms with van der Waals surface area (Å²) in [6.07, 6.45) is 5.59. The minimum atomic E-state index is -1.67. The average molecular weight is 1120 g/mol. The van der Waals surface area contributed by atoms with Gasteiger partial charge in [-0.2, -0.15) is 0 Å². The molecule has 79 heavy (non-hydrogen) atoms. The van der Waals surface area contributed by atoms with Gasteiger partial charge in [0.25, 0.3) is 0 Å². The molecule has 1 aliphatic heterocycles. The Kier molecular flexibility index (Phi) is 30.5. The lowest BCUT2D eigenvalue weighted by molar-refractivity contribution is -0.142. The van der Waals surface area contributed by atoms with Crippen molar-refractivity contribution in [2.45, 2.75) is 247 Å². The minimum Gasteiger partial charge on any atom is -0.395 e. The van der Waals surface area contributed by atoms with Crippen molar-refractivity contribution >= 4 is 58.9 Å². The highest BCUT2D eigenvalue weighted by atomic mass is 16.3. The molecule has 0 aromatic rings. The van der Waals surface area contributed by atoms with Crippen LogP contribution in [0.5, 0.6) is 0 Å². The molecular weight excluding hydrogens is 1020 g/mol. The van der Waals surface area contributed by atoms with Gasteiger partial charge in [0.1, 0.15) is 52.6 Å². The van der Waals surface area contributed by atoms with Crippen molar-refractivity contribution in [3.8, 4) is 0 Å². The molecule has 22 nitrogen and oxygen atoms in total. The zero-order valence-corrected chi connectivity index (χ0v) is 51.0. The third-order valence-corrected chi connectivity index (χ3v) is 14.8. The first-order chi connectivity index (χ1) is 36.6. The molecule has 1 aliphatic rings. The molecule has 0 spiro atoms. The van der Waals surface area contributed by atoms with Gasteiger partial charge in [0.15, 0.2) is 0 Å². The molecule has 1 fully saturated rings. The van der Waals surface area contributed by atoms with Gasteiger partial charge in [-0.1, -0.05) is 87.5 Å². The summed E-state index contributed by atoms with van der Waals surface area (Å²) in [6, 6.07) is -5.98. The summed E-state index contributed by atoms with van der Waals surface area (Å²) in [4.78, 5) is 140. The summed E-state index contributed by atoms with van der Waals surface area (Å²) in [5.74, 6) is -7.20. The van der Waals surface area contributed by atoms with E-state index in [1.54, 1.807) is 53.5 Å². The molecule has 0 radical (unpaired) electrons. The zero-order valence-electron chi connectivity index (χ0n) is 51.0. The number of ketones is 1. The van der Waals surface area contributed by atoms with Gasteiger partial charge < -0.3 is 62.5 Å². The van der Waals surface area contributed by atoms with Gasteiger partial charge in [0.2, 0.25) is 53.2 Å². The van der Waals surface area contributed by atoms with Crippen molar-refractivity contribution in [3.63, 3.8) is 0 Å². The SMILES string of the molecule is CCCCCCC(C)C(=O)N1CCC[C@H]1C(=O)NC(CC(C)CC(O)CC(=O)CC)C(=O)N[C@@H](C)C(=O)NC(C)(C)C(=O)N[C@H](C(=O)N[C@H](C(=O)NC(C)(C)C(=O)NC(C)(C)C(=O)NC(C)CN(C)CCO)[C@@H](C)CC)C(C)C. The van der Waals surface area contributed by atoms with Gasteiger partial charge in [0.05, 0.1) is 12.7 Å². The monoisotopic (exact) mass is 1120 g/mol. The molecule has 0 bridgehead atoms. The quantitative estimate of drug-likeness (QED) is 0.0404. The highest BCUT2D eigenvalue weighted by Crippen LogP contribution is 2.24. The van der Waals surface area contributed by atoms with Crippen LogP contribution in [0.15, 0.2) is 0 Å². The van der Waals surface area contributed by atoms with E-state index in [0.717, 1.165) is 25.7 Å². The van der Waals surface area contributed by atoms with E-state index in [-0.39, 0.29) is 61.9 Å². The normalized spacial score (nSPS) is 17.4. The third kappa shape index (κ3) is 24.2. The Labute approximate surface area is 471 Å². The van der Waals surface area contributed by atoms with Crippen molar-refractivity contribution < 1.29 is 58.2 Å². The minimum absolute atomic E-state index is 0.0293. The lowest BCUT2D eigenvalue weighted by Crippen LogP contribution is -2.66. The van der Waals surface area contributed by atoms with Crippen LogP contribution in [-0.2, 0) is 47.9 Å². The third-order valence-electron chi connectivity index (χ3n) is 14.8. The fraction of sp³-hybridized carbons (Fsp3) is 0.825. The van der Waals surface area contributed by atoms with Crippen LogP contribution >= 0.6 is 0 Å². The van der Waals surface area contributed by atoms with Crippen LogP contribution in [0.3, 0.4) is 0 Å². The van der Waals surface area contributed by atoms with Crippen molar-refractivity contribution in [1.82, 2.24) is 52.3 Å². The first-order valence-corrected chi connectivity index (χ1v) is 28.9. The van der Waals surface area contributed by atoms with Gasteiger partial charge >= 0.3 is 0 Å². The first kappa shape index (κ1) is 71.8. The van der Waals surface area contributed by atoms with E-state index < -0.39 is 112 Å². The summed E-state index contributed by atoms with van der Waals surface area (Å²) in [5, 5.41) is 41.8. The summed E-state index contributed by atoms with van der Waals surface area (Å²) < 4.78 is 0. The van der Waals surface area contributed by atoms with Crippen molar-refractivity contribution in [1.29, 1.82) is 0 Å². The molecule has 10 N–H and O–H groups in total. The Balaban J connectivity index is 3.23. The van der Waals surface area contributed by atoms with Gasteiger partial charge in [-0.05, 0) is 112 Å². The number of carbonyl (C=O) groups is 10. The van der Waals surface area contributed by atoms with Crippen molar-refractivity contribution in [3.05, 3.63) is 0 Å². The molecule has 10 atom stereocenters. The molecule has 1 heterocycles. The van der Waals surface area contributed by atoms with E-state index in [1.807, 2.05) is 18.7 Å². The number of aliphatic hydroxyl groups is 2. The van der Waals surface area contributed by atoms with E-state index in [4.69, 9.17) is 0 Å². The second-order valence-corrected chi connectivity index (χ2v) is 24.3. The van der Waals surface area contributed by atoms with Gasteiger partial charge in [-0.3, -0.25) is 47.9 Å². The van der Waals surface area contributed by atoms with Gasteiger partial charge in [-0.25, -0.2) is 0 Å². The standard InChI is InChI=1S/C57H104N10O12/c1-18-21-22-23-25-37(8)51(76)67-27-24-26-43(67)48(73)60-42(31-35(6)30-41(70)32-40(69)20-3)47(72)59-39(10)46(71)63-55(11,12)53(78)62-44(34(4)5)49(74)61-45(36(7)19-2)50(75)64-57(15,16)54(79)65-56(13,14)52(77)58-38(9)33-66(17)28-29-68/h34-39,41-45,68,70H,18-33H2,1-17H3,(H,58,77)(H,59,72)(H,60,73)(H,61,74)(H,62,78)(H,63,71)(H,64,75)(H,65,79)/t35?,36-,37?,38?,39-,41?,42?,43-,44-,45-/m0/s1. The maximum Gasteiger partial charge on any atom is 0.246 e. The molecule has 0 aromatic carbocycles. The molecule has 0 saturated carbocycles. The number of aliphatic hydroxyl groups excluding tert-OH is 2. The number of nitrogens with one attached hydrogen (secondary N) is 8. The molecule has 22 heteroatoms. The molecule has 9 amide bonds. The number of carbonyl (C=O) groups excluding carboxylic acids is 10. The Morgan fingerprint density at radius 3 is 1.81 bits per heavy atom. The Hall–Kier alpha value is -5.22. The number of nitrogens with zero attached hydrogens (tertiary/aromatic N) is 2. The molecule has 5 unspecified atom stereocenters. The fourth-order valence-corrected chi connectivity index (χ4v) is 9.31. The van der Waals surface area contributed by atoms with E-state index in [9.17, 15) is 58.2 Å². The van der Waals surface area contributed by atoms with Gasteiger partial charge in [0, 0.05) is 44.4 Å². The summed E-state index contributed by atoms with van der Waals surface area (Å²) >= 11 is 0. The second-order valence-electron chi connectivity index (χ2n) is 24.3. The Morgan fingerprint density at radius 2 is 1.24 bits per heavy atom. The van der Waals surface area contributed by atoms with Crippen LogP contribution in [0.1, 0.15) is 188 Å². The number of Topliss-reactive ketones (excluding diaryl/α,β-unsaturated/α-hetero) is 1. The molecule has 454 valence electrons. The van der Waals surface area contributed by atoms with Crippen LogP contribution < -0.4 is 42.5 Å². The van der Waals surface area contributed by atoms with Crippen LogP contribution in [0.4, 0.5) is 0 Å². The molecule has 0 aromatic heterocycles. The Morgan fingerprint density at radius 1 is 0.658 bits per heavy atom. The molecular formula is C57H104N10O12. The maximum absolute atomic E-state index is 14.1. The van der Waals surface area contributed by atoms with Crippen molar-refractivity contribution in [2.75, 3.05) is 33.3 Å². The second kappa shape index (κ2) is 33.5.